The van der Waals surface area contributed by atoms with Gasteiger partial charge in [-0.05, 0) is 56.0 Å². The second-order valence-electron chi connectivity index (χ2n) is 5.32. The Morgan fingerprint density at radius 2 is 1.76 bits per heavy atom. The van der Waals surface area contributed by atoms with E-state index in [1.807, 2.05) is 43.3 Å². The molecule has 1 atom stereocenters. The molecule has 110 valence electrons. The lowest BCUT2D eigenvalue weighted by Crippen LogP contribution is -2.19. The molecule has 0 radical (unpaired) electrons. The third-order valence-corrected chi connectivity index (χ3v) is 4.89. The van der Waals surface area contributed by atoms with Crippen LogP contribution in [0.5, 0.6) is 0 Å². The Morgan fingerprint density at radius 1 is 1.10 bits per heavy atom. The van der Waals surface area contributed by atoms with Crippen LogP contribution in [0.25, 0.3) is 0 Å². The third kappa shape index (κ3) is 4.11. The summed E-state index contributed by atoms with van der Waals surface area (Å²) < 4.78 is 0. The number of aliphatic carboxylic acids is 1. The fourth-order valence-corrected chi connectivity index (χ4v) is 3.18. The van der Waals surface area contributed by atoms with E-state index in [1.54, 1.807) is 0 Å². The standard InChI is InChI=1S/C18H20O2S/c1-12-7-9-16(10-8-12)21-17(18(19)20)11-15-6-4-5-13(2)14(15)3/h4-10,17H,11H2,1-3H3,(H,19,20)/t17-/m0/s1. The highest BCUT2D eigenvalue weighted by Crippen LogP contribution is 2.27. The van der Waals surface area contributed by atoms with Crippen molar-refractivity contribution in [2.45, 2.75) is 37.3 Å². The number of hydrogen-bond donors (Lipinski definition) is 1. The van der Waals surface area contributed by atoms with Gasteiger partial charge < -0.3 is 5.11 Å². The van der Waals surface area contributed by atoms with Gasteiger partial charge in [-0.1, -0.05) is 35.9 Å². The van der Waals surface area contributed by atoms with Crippen molar-refractivity contribution < 1.29 is 9.90 Å². The first-order valence-electron chi connectivity index (χ1n) is 6.98. The van der Waals surface area contributed by atoms with Crippen LogP contribution in [0.3, 0.4) is 0 Å². The second-order valence-corrected chi connectivity index (χ2v) is 6.60. The van der Waals surface area contributed by atoms with Crippen LogP contribution < -0.4 is 0 Å². The fraction of sp³-hybridized carbons (Fsp3) is 0.278. The molecule has 3 heteroatoms. The molecule has 0 unspecified atom stereocenters. The molecule has 0 aliphatic rings. The lowest BCUT2D eigenvalue weighted by atomic mass is 10.00. The largest absolute Gasteiger partial charge is 0.480 e. The summed E-state index contributed by atoms with van der Waals surface area (Å²) in [5.74, 6) is -0.763. The maximum absolute atomic E-state index is 11.6. The molecule has 0 aliphatic carbocycles. The molecule has 2 rings (SSSR count). The molecular formula is C18H20O2S. The number of carboxylic acid groups (broad SMARTS) is 1. The van der Waals surface area contributed by atoms with Gasteiger partial charge in [-0.2, -0.15) is 0 Å². The zero-order valence-corrected chi connectivity index (χ0v) is 13.4. The lowest BCUT2D eigenvalue weighted by molar-refractivity contribution is -0.136. The minimum Gasteiger partial charge on any atom is -0.480 e. The van der Waals surface area contributed by atoms with Crippen LogP contribution in [0.2, 0.25) is 0 Å². The fourth-order valence-electron chi connectivity index (χ4n) is 2.19. The first-order valence-corrected chi connectivity index (χ1v) is 7.86. The van der Waals surface area contributed by atoms with Gasteiger partial charge in [0, 0.05) is 4.90 Å². The van der Waals surface area contributed by atoms with Gasteiger partial charge in [-0.15, -0.1) is 11.8 Å². The summed E-state index contributed by atoms with van der Waals surface area (Å²) in [4.78, 5) is 12.5. The van der Waals surface area contributed by atoms with E-state index in [-0.39, 0.29) is 0 Å². The molecule has 0 fully saturated rings. The van der Waals surface area contributed by atoms with E-state index in [0.717, 1.165) is 10.5 Å². The first kappa shape index (κ1) is 15.6. The average molecular weight is 300 g/mol. The Bertz CT molecular complexity index is 632. The van der Waals surface area contributed by atoms with Crippen molar-refractivity contribution in [1.82, 2.24) is 0 Å². The highest BCUT2D eigenvalue weighted by molar-refractivity contribution is 8.00. The summed E-state index contributed by atoms with van der Waals surface area (Å²) in [6, 6.07) is 14.1. The Balaban J connectivity index is 2.18. The van der Waals surface area contributed by atoms with Crippen molar-refractivity contribution in [3.63, 3.8) is 0 Å². The molecule has 2 nitrogen and oxygen atoms in total. The molecule has 0 aromatic heterocycles. The van der Waals surface area contributed by atoms with Crippen LogP contribution in [0.1, 0.15) is 22.3 Å². The van der Waals surface area contributed by atoms with Crippen LogP contribution in [-0.4, -0.2) is 16.3 Å². The topological polar surface area (TPSA) is 37.3 Å². The molecule has 0 heterocycles. The van der Waals surface area contributed by atoms with Crippen LogP contribution in [0.4, 0.5) is 0 Å². The zero-order chi connectivity index (χ0) is 15.4. The smallest absolute Gasteiger partial charge is 0.317 e. The van der Waals surface area contributed by atoms with Crippen molar-refractivity contribution in [3.05, 3.63) is 64.7 Å². The summed E-state index contributed by atoms with van der Waals surface area (Å²) in [5, 5.41) is 9.03. The molecule has 0 spiro atoms. The van der Waals surface area contributed by atoms with Gasteiger partial charge in [0.05, 0.1) is 0 Å². The second kappa shape index (κ2) is 6.81. The highest BCUT2D eigenvalue weighted by Gasteiger charge is 2.20. The van der Waals surface area contributed by atoms with Gasteiger partial charge in [0.1, 0.15) is 5.25 Å². The van der Waals surface area contributed by atoms with E-state index in [2.05, 4.69) is 19.9 Å². The average Bonchev–Trinajstić information content (AvgIpc) is 2.45. The predicted molar refractivity (Wildman–Crippen MR) is 88.1 cm³/mol. The number of thioether (sulfide) groups is 1. The highest BCUT2D eigenvalue weighted by atomic mass is 32.2. The van der Waals surface area contributed by atoms with Crippen molar-refractivity contribution in [2.75, 3.05) is 0 Å². The normalized spacial score (nSPS) is 12.1. The van der Waals surface area contributed by atoms with E-state index >= 15 is 0 Å². The zero-order valence-electron chi connectivity index (χ0n) is 12.6. The van der Waals surface area contributed by atoms with Gasteiger partial charge in [0.2, 0.25) is 0 Å². The molecule has 0 aliphatic heterocycles. The summed E-state index contributed by atoms with van der Waals surface area (Å²) in [7, 11) is 0. The monoisotopic (exact) mass is 300 g/mol. The molecule has 0 amide bonds. The quantitative estimate of drug-likeness (QED) is 0.832. The molecule has 2 aromatic carbocycles. The number of aryl methyl sites for hydroxylation is 2. The number of rotatable bonds is 5. The van der Waals surface area contributed by atoms with Crippen LogP contribution in [0.15, 0.2) is 47.4 Å². The molecule has 2 aromatic rings. The van der Waals surface area contributed by atoms with Crippen molar-refractivity contribution >= 4 is 17.7 Å². The van der Waals surface area contributed by atoms with Crippen molar-refractivity contribution in [1.29, 1.82) is 0 Å². The molecule has 0 saturated carbocycles. The Kier molecular flexibility index (Phi) is 5.07. The Labute approximate surface area is 130 Å². The van der Waals surface area contributed by atoms with E-state index in [4.69, 9.17) is 0 Å². The van der Waals surface area contributed by atoms with E-state index in [1.165, 1.54) is 28.5 Å². The van der Waals surface area contributed by atoms with E-state index < -0.39 is 11.2 Å². The number of carboxylic acids is 1. The lowest BCUT2D eigenvalue weighted by Gasteiger charge is -2.15. The van der Waals surface area contributed by atoms with Gasteiger partial charge >= 0.3 is 5.97 Å². The molecule has 21 heavy (non-hydrogen) atoms. The van der Waals surface area contributed by atoms with Crippen LogP contribution in [0, 0.1) is 20.8 Å². The summed E-state index contributed by atoms with van der Waals surface area (Å²) in [6.07, 6.45) is 0.543. The van der Waals surface area contributed by atoms with E-state index in [0.29, 0.717) is 6.42 Å². The minimum absolute atomic E-state index is 0.465. The summed E-state index contributed by atoms with van der Waals surface area (Å²) in [5.41, 5.74) is 4.69. The van der Waals surface area contributed by atoms with Crippen LogP contribution in [-0.2, 0) is 11.2 Å². The number of carbonyl (C=O) groups is 1. The minimum atomic E-state index is -0.763. The maximum Gasteiger partial charge on any atom is 0.317 e. The number of hydrogen-bond acceptors (Lipinski definition) is 2. The van der Waals surface area contributed by atoms with E-state index in [9.17, 15) is 9.90 Å². The van der Waals surface area contributed by atoms with Crippen molar-refractivity contribution in [2.24, 2.45) is 0 Å². The molecular weight excluding hydrogens is 280 g/mol. The number of benzene rings is 2. The van der Waals surface area contributed by atoms with Crippen molar-refractivity contribution in [3.8, 4) is 0 Å². The van der Waals surface area contributed by atoms with Gasteiger partial charge in [-0.25, -0.2) is 0 Å². The SMILES string of the molecule is Cc1ccc(S[C@@H](Cc2cccc(C)c2C)C(=O)O)cc1. The van der Waals surface area contributed by atoms with Gasteiger partial charge in [0.25, 0.3) is 0 Å². The summed E-state index contributed by atoms with van der Waals surface area (Å²) >= 11 is 1.42. The van der Waals surface area contributed by atoms with Gasteiger partial charge in [-0.3, -0.25) is 4.79 Å². The maximum atomic E-state index is 11.6. The Morgan fingerprint density at radius 3 is 2.38 bits per heavy atom. The molecule has 0 saturated heterocycles. The Hall–Kier alpha value is -1.74. The van der Waals surface area contributed by atoms with Gasteiger partial charge in [0.15, 0.2) is 0 Å². The third-order valence-electron chi connectivity index (χ3n) is 3.70. The van der Waals surface area contributed by atoms with Crippen LogP contribution >= 0.6 is 11.8 Å². The molecule has 1 N–H and O–H groups in total. The summed E-state index contributed by atoms with van der Waals surface area (Å²) in [6.45, 7) is 6.14. The molecule has 0 bridgehead atoms. The predicted octanol–water partition coefficient (Wildman–Crippen LogP) is 4.40. The first-order chi connectivity index (χ1) is 9.97.